The van der Waals surface area contributed by atoms with E-state index in [9.17, 15) is 13.2 Å². The molecule has 1 amide bonds. The Balaban J connectivity index is 1.87. The Morgan fingerprint density at radius 2 is 1.61 bits per heavy atom. The predicted molar refractivity (Wildman–Crippen MR) is 129 cm³/mol. The molecule has 0 bridgehead atoms. The van der Waals surface area contributed by atoms with Gasteiger partial charge in [0, 0.05) is 18.3 Å². The Morgan fingerprint density at radius 3 is 2.24 bits per heavy atom. The predicted octanol–water partition coefficient (Wildman–Crippen LogP) is 4.84. The third kappa shape index (κ3) is 6.17. The molecule has 0 fully saturated rings. The fraction of sp³-hybridized carbons (Fsp3) is 0.174. The average Bonchev–Trinajstić information content (AvgIpc) is 2.81. The van der Waals surface area contributed by atoms with Crippen molar-refractivity contribution in [2.75, 3.05) is 26.1 Å². The van der Waals surface area contributed by atoms with Gasteiger partial charge in [-0.05, 0) is 42.0 Å². The SMILES string of the molecule is COc1ccc(NC(=O)CN(Cc2ccc(Cl)c(Cl)c2)S(=O)(=O)c2ccccc2)cc1OC. The van der Waals surface area contributed by atoms with Crippen LogP contribution < -0.4 is 14.8 Å². The van der Waals surface area contributed by atoms with Crippen molar-refractivity contribution in [1.29, 1.82) is 0 Å². The molecule has 10 heteroatoms. The van der Waals surface area contributed by atoms with Gasteiger partial charge in [-0.1, -0.05) is 47.5 Å². The van der Waals surface area contributed by atoms with Crippen LogP contribution in [0.2, 0.25) is 10.0 Å². The van der Waals surface area contributed by atoms with E-state index in [2.05, 4.69) is 5.32 Å². The quantitative estimate of drug-likeness (QED) is 0.446. The van der Waals surface area contributed by atoms with Crippen LogP contribution in [0.1, 0.15) is 5.56 Å². The minimum atomic E-state index is -3.98. The summed E-state index contributed by atoms with van der Waals surface area (Å²) < 4.78 is 38.1. The van der Waals surface area contributed by atoms with E-state index in [0.717, 1.165) is 4.31 Å². The number of hydrogen-bond donors (Lipinski definition) is 1. The van der Waals surface area contributed by atoms with Crippen LogP contribution in [0.25, 0.3) is 0 Å². The summed E-state index contributed by atoms with van der Waals surface area (Å²) >= 11 is 12.1. The van der Waals surface area contributed by atoms with Crippen molar-refractivity contribution in [1.82, 2.24) is 4.31 Å². The lowest BCUT2D eigenvalue weighted by Gasteiger charge is -2.22. The summed E-state index contributed by atoms with van der Waals surface area (Å²) in [6.45, 7) is -0.501. The number of carbonyl (C=O) groups excluding carboxylic acids is 1. The molecule has 0 heterocycles. The molecule has 0 spiro atoms. The first-order chi connectivity index (χ1) is 15.7. The smallest absolute Gasteiger partial charge is 0.243 e. The summed E-state index contributed by atoms with van der Waals surface area (Å²) in [4.78, 5) is 12.9. The van der Waals surface area contributed by atoms with Gasteiger partial charge in [-0.3, -0.25) is 4.79 Å². The number of halogens is 2. The summed E-state index contributed by atoms with van der Waals surface area (Å²) in [5.41, 5.74) is 1.02. The normalized spacial score (nSPS) is 11.3. The Kier molecular flexibility index (Phi) is 8.20. The van der Waals surface area contributed by atoms with Crippen LogP contribution in [0.4, 0.5) is 5.69 Å². The van der Waals surface area contributed by atoms with Gasteiger partial charge in [0.05, 0.1) is 35.7 Å². The molecular weight excluding hydrogens is 487 g/mol. The highest BCUT2D eigenvalue weighted by molar-refractivity contribution is 7.89. The maximum Gasteiger partial charge on any atom is 0.243 e. The van der Waals surface area contributed by atoms with Crippen LogP contribution in [0.3, 0.4) is 0 Å². The number of carbonyl (C=O) groups is 1. The van der Waals surface area contributed by atoms with E-state index in [4.69, 9.17) is 32.7 Å². The number of anilines is 1. The maximum absolute atomic E-state index is 13.3. The lowest BCUT2D eigenvalue weighted by Crippen LogP contribution is -2.37. The van der Waals surface area contributed by atoms with E-state index >= 15 is 0 Å². The van der Waals surface area contributed by atoms with Crippen LogP contribution in [0.5, 0.6) is 11.5 Å². The maximum atomic E-state index is 13.3. The second-order valence-electron chi connectivity index (χ2n) is 6.95. The first-order valence-electron chi connectivity index (χ1n) is 9.75. The molecule has 0 aliphatic heterocycles. The van der Waals surface area contributed by atoms with Crippen LogP contribution in [0, 0.1) is 0 Å². The average molecular weight is 509 g/mol. The topological polar surface area (TPSA) is 84.9 Å². The van der Waals surface area contributed by atoms with Crippen LogP contribution in [-0.2, 0) is 21.4 Å². The molecular formula is C23H22Cl2N2O5S. The standard InChI is InChI=1S/C23H22Cl2N2O5S/c1-31-21-11-9-17(13-22(21)32-2)26-23(28)15-27(14-16-8-10-19(24)20(25)12-16)33(29,30)18-6-4-3-5-7-18/h3-13H,14-15H2,1-2H3,(H,26,28). The van der Waals surface area contributed by atoms with E-state index in [1.165, 1.54) is 26.4 Å². The monoisotopic (exact) mass is 508 g/mol. The van der Waals surface area contributed by atoms with E-state index < -0.39 is 22.5 Å². The number of amides is 1. The molecule has 0 aliphatic rings. The molecule has 1 N–H and O–H groups in total. The van der Waals surface area contributed by atoms with Crippen molar-refractivity contribution in [2.45, 2.75) is 11.4 Å². The third-order valence-electron chi connectivity index (χ3n) is 4.71. The van der Waals surface area contributed by atoms with Gasteiger partial charge in [0.1, 0.15) is 0 Å². The van der Waals surface area contributed by atoms with Crippen LogP contribution in [-0.4, -0.2) is 39.4 Å². The zero-order valence-electron chi connectivity index (χ0n) is 17.9. The summed E-state index contributed by atoms with van der Waals surface area (Å²) in [6, 6.07) is 17.6. The largest absolute Gasteiger partial charge is 0.493 e. The second-order valence-corrected chi connectivity index (χ2v) is 9.70. The van der Waals surface area contributed by atoms with E-state index in [-0.39, 0.29) is 11.4 Å². The second kappa shape index (κ2) is 10.9. The third-order valence-corrected chi connectivity index (χ3v) is 7.26. The van der Waals surface area contributed by atoms with Gasteiger partial charge >= 0.3 is 0 Å². The molecule has 3 aromatic rings. The number of rotatable bonds is 9. The zero-order valence-corrected chi connectivity index (χ0v) is 20.2. The fourth-order valence-electron chi connectivity index (χ4n) is 3.08. The Labute approximate surface area is 202 Å². The number of ether oxygens (including phenoxy) is 2. The molecule has 0 aliphatic carbocycles. The van der Waals surface area contributed by atoms with Gasteiger partial charge in [0.25, 0.3) is 0 Å². The fourth-order valence-corrected chi connectivity index (χ4v) is 4.81. The van der Waals surface area contributed by atoms with Gasteiger partial charge < -0.3 is 14.8 Å². The highest BCUT2D eigenvalue weighted by Crippen LogP contribution is 2.30. The molecule has 3 aromatic carbocycles. The molecule has 0 saturated carbocycles. The molecule has 174 valence electrons. The van der Waals surface area contributed by atoms with Gasteiger partial charge in [0.15, 0.2) is 11.5 Å². The number of nitrogens with zero attached hydrogens (tertiary/aromatic N) is 1. The Morgan fingerprint density at radius 1 is 0.909 bits per heavy atom. The molecule has 0 radical (unpaired) electrons. The molecule has 0 saturated heterocycles. The molecule has 3 rings (SSSR count). The number of hydrogen-bond acceptors (Lipinski definition) is 5. The minimum absolute atomic E-state index is 0.0731. The van der Waals surface area contributed by atoms with Crippen molar-refractivity contribution in [3.63, 3.8) is 0 Å². The van der Waals surface area contributed by atoms with Crippen LogP contribution in [0.15, 0.2) is 71.6 Å². The molecule has 0 atom stereocenters. The van der Waals surface area contributed by atoms with Crippen molar-refractivity contribution in [3.8, 4) is 11.5 Å². The molecule has 33 heavy (non-hydrogen) atoms. The van der Waals surface area contributed by atoms with Crippen molar-refractivity contribution in [3.05, 3.63) is 82.3 Å². The minimum Gasteiger partial charge on any atom is -0.493 e. The highest BCUT2D eigenvalue weighted by atomic mass is 35.5. The zero-order chi connectivity index (χ0) is 24.0. The Hall–Kier alpha value is -2.78. The van der Waals surface area contributed by atoms with Crippen molar-refractivity contribution < 1.29 is 22.7 Å². The highest BCUT2D eigenvalue weighted by Gasteiger charge is 2.27. The summed E-state index contributed by atoms with van der Waals surface area (Å²) in [5.74, 6) is 0.407. The number of nitrogens with one attached hydrogen (secondary N) is 1. The first kappa shape index (κ1) is 24.9. The summed E-state index contributed by atoms with van der Waals surface area (Å²) in [7, 11) is -0.995. The molecule has 7 nitrogen and oxygen atoms in total. The number of sulfonamides is 1. The van der Waals surface area contributed by atoms with E-state index in [1.54, 1.807) is 54.6 Å². The van der Waals surface area contributed by atoms with Gasteiger partial charge in [0.2, 0.25) is 15.9 Å². The molecule has 0 unspecified atom stereocenters. The van der Waals surface area contributed by atoms with Crippen molar-refractivity contribution >= 4 is 44.8 Å². The Bertz CT molecular complexity index is 1240. The van der Waals surface area contributed by atoms with Crippen molar-refractivity contribution in [2.24, 2.45) is 0 Å². The van der Waals surface area contributed by atoms with E-state index in [0.29, 0.717) is 32.8 Å². The first-order valence-corrected chi connectivity index (χ1v) is 11.9. The molecule has 0 aromatic heterocycles. The van der Waals surface area contributed by atoms with Gasteiger partial charge in [-0.25, -0.2) is 8.42 Å². The lowest BCUT2D eigenvalue weighted by atomic mass is 10.2. The number of methoxy groups -OCH3 is 2. The number of benzene rings is 3. The van der Waals surface area contributed by atoms with Crippen LogP contribution >= 0.6 is 23.2 Å². The van der Waals surface area contributed by atoms with E-state index in [1.807, 2.05) is 0 Å². The summed E-state index contributed by atoms with van der Waals surface area (Å²) in [5, 5.41) is 3.34. The van der Waals surface area contributed by atoms with Gasteiger partial charge in [-0.2, -0.15) is 4.31 Å². The van der Waals surface area contributed by atoms with Gasteiger partial charge in [-0.15, -0.1) is 0 Å². The lowest BCUT2D eigenvalue weighted by molar-refractivity contribution is -0.116. The summed E-state index contributed by atoms with van der Waals surface area (Å²) in [6.07, 6.45) is 0.